The highest BCUT2D eigenvalue weighted by atomic mass is 35.5. The zero-order valence-electron chi connectivity index (χ0n) is 15.5. The van der Waals surface area contributed by atoms with Crippen LogP contribution in [0.2, 0.25) is 5.02 Å². The Morgan fingerprint density at radius 2 is 2.10 bits per heavy atom. The average molecular weight is 417 g/mol. The smallest absolute Gasteiger partial charge is 0.238 e. The number of benzene rings is 2. The molecule has 0 saturated carbocycles. The second-order valence-corrected chi connectivity index (χ2v) is 7.37. The Kier molecular flexibility index (Phi) is 5.60. The molecule has 1 amide bonds. The first-order valence-corrected chi connectivity index (χ1v) is 9.68. The average Bonchev–Trinajstić information content (AvgIpc) is 3.34. The number of imidazole rings is 1. The van der Waals surface area contributed by atoms with Gasteiger partial charge in [-0.2, -0.15) is 0 Å². The van der Waals surface area contributed by atoms with E-state index in [1.54, 1.807) is 24.4 Å². The Bertz CT molecular complexity index is 1040. The summed E-state index contributed by atoms with van der Waals surface area (Å²) in [4.78, 5) is 22.1. The number of carbonyl (C=O) groups excluding carboxylic acids is 1. The van der Waals surface area contributed by atoms with Crippen LogP contribution in [0.25, 0.3) is 11.3 Å². The number of hydrogen-bond donors (Lipinski definition) is 2. The summed E-state index contributed by atoms with van der Waals surface area (Å²) >= 11 is 5.97. The van der Waals surface area contributed by atoms with Crippen molar-refractivity contribution in [1.29, 1.82) is 0 Å². The van der Waals surface area contributed by atoms with Crippen LogP contribution in [-0.4, -0.2) is 33.9 Å². The van der Waals surface area contributed by atoms with Crippen molar-refractivity contribution >= 4 is 23.2 Å². The molecule has 1 atom stereocenters. The third-order valence-electron chi connectivity index (χ3n) is 4.99. The number of nitrogens with zero attached hydrogens (tertiary/aromatic N) is 2. The predicted molar refractivity (Wildman–Crippen MR) is 108 cm³/mol. The molecule has 4 rings (SSSR count). The zero-order valence-corrected chi connectivity index (χ0v) is 16.2. The first-order valence-electron chi connectivity index (χ1n) is 9.30. The van der Waals surface area contributed by atoms with Crippen LogP contribution < -0.4 is 5.32 Å². The molecule has 5 nitrogen and oxygen atoms in total. The van der Waals surface area contributed by atoms with Gasteiger partial charge in [0.15, 0.2) is 0 Å². The van der Waals surface area contributed by atoms with E-state index >= 15 is 0 Å². The number of halogens is 3. The van der Waals surface area contributed by atoms with E-state index in [1.165, 1.54) is 18.2 Å². The van der Waals surface area contributed by atoms with E-state index < -0.39 is 5.82 Å². The normalized spacial score (nSPS) is 16.9. The van der Waals surface area contributed by atoms with Gasteiger partial charge in [0.1, 0.15) is 17.5 Å². The first kappa shape index (κ1) is 19.5. The van der Waals surface area contributed by atoms with Gasteiger partial charge in [-0.1, -0.05) is 23.7 Å². The molecule has 2 aromatic carbocycles. The van der Waals surface area contributed by atoms with Crippen LogP contribution in [0.5, 0.6) is 0 Å². The molecule has 1 saturated heterocycles. The molecule has 29 heavy (non-hydrogen) atoms. The van der Waals surface area contributed by atoms with Gasteiger partial charge >= 0.3 is 0 Å². The van der Waals surface area contributed by atoms with Gasteiger partial charge in [-0.3, -0.25) is 9.69 Å². The van der Waals surface area contributed by atoms with Gasteiger partial charge in [0, 0.05) is 5.56 Å². The number of nitrogens with one attached hydrogen (secondary N) is 2. The summed E-state index contributed by atoms with van der Waals surface area (Å²) in [6.45, 7) is 0.888. The molecular weight excluding hydrogens is 398 g/mol. The van der Waals surface area contributed by atoms with Crippen molar-refractivity contribution in [3.05, 3.63) is 71.1 Å². The van der Waals surface area contributed by atoms with E-state index in [1.807, 2.05) is 4.90 Å². The van der Waals surface area contributed by atoms with Crippen LogP contribution in [0.4, 0.5) is 14.5 Å². The SMILES string of the molecule is O=C(CN1CCCC1c1ncc(-c2ccccc2F)[nH]1)Nc1ccc(F)cc1Cl. The monoisotopic (exact) mass is 416 g/mol. The molecule has 1 aromatic heterocycles. The molecule has 1 unspecified atom stereocenters. The van der Waals surface area contributed by atoms with Crippen LogP contribution >= 0.6 is 11.6 Å². The van der Waals surface area contributed by atoms with E-state index in [0.29, 0.717) is 22.8 Å². The third-order valence-corrected chi connectivity index (χ3v) is 5.30. The molecule has 0 bridgehead atoms. The van der Waals surface area contributed by atoms with E-state index in [4.69, 9.17) is 11.6 Å². The summed E-state index contributed by atoms with van der Waals surface area (Å²) in [6, 6.07) is 10.3. The maximum atomic E-state index is 14.0. The molecular formula is C21H19ClF2N4O. The maximum Gasteiger partial charge on any atom is 0.238 e. The van der Waals surface area contributed by atoms with Crippen molar-refractivity contribution in [3.8, 4) is 11.3 Å². The number of H-pyrrole nitrogens is 1. The van der Waals surface area contributed by atoms with Gasteiger partial charge in [-0.05, 0) is 49.7 Å². The van der Waals surface area contributed by atoms with Gasteiger partial charge in [0.05, 0.1) is 35.2 Å². The molecule has 0 spiro atoms. The molecule has 3 aromatic rings. The fourth-order valence-corrected chi connectivity index (χ4v) is 3.83. The van der Waals surface area contributed by atoms with Crippen LogP contribution in [0.3, 0.4) is 0 Å². The number of aromatic nitrogens is 2. The van der Waals surface area contributed by atoms with Crippen molar-refractivity contribution < 1.29 is 13.6 Å². The number of anilines is 1. The minimum atomic E-state index is -0.462. The van der Waals surface area contributed by atoms with Crippen molar-refractivity contribution in [3.63, 3.8) is 0 Å². The predicted octanol–water partition coefficient (Wildman–Crippen LogP) is 4.78. The Hall–Kier alpha value is -2.77. The van der Waals surface area contributed by atoms with Gasteiger partial charge in [-0.25, -0.2) is 13.8 Å². The van der Waals surface area contributed by atoms with E-state index in [9.17, 15) is 13.6 Å². The maximum absolute atomic E-state index is 14.0. The van der Waals surface area contributed by atoms with Crippen molar-refractivity contribution in [2.75, 3.05) is 18.4 Å². The topological polar surface area (TPSA) is 61.0 Å². The lowest BCUT2D eigenvalue weighted by molar-refractivity contribution is -0.117. The summed E-state index contributed by atoms with van der Waals surface area (Å²) in [5, 5.41) is 2.87. The Morgan fingerprint density at radius 1 is 1.28 bits per heavy atom. The van der Waals surface area contributed by atoms with Gasteiger partial charge in [0.2, 0.25) is 5.91 Å². The Balaban J connectivity index is 1.45. The summed E-state index contributed by atoms with van der Waals surface area (Å²) in [5.74, 6) is -0.322. The quantitative estimate of drug-likeness (QED) is 0.629. The number of amides is 1. The van der Waals surface area contributed by atoms with E-state index in [2.05, 4.69) is 15.3 Å². The fourth-order valence-electron chi connectivity index (χ4n) is 3.61. The lowest BCUT2D eigenvalue weighted by atomic mass is 10.1. The van der Waals surface area contributed by atoms with Crippen LogP contribution in [0.15, 0.2) is 48.7 Å². The zero-order chi connectivity index (χ0) is 20.4. The highest BCUT2D eigenvalue weighted by Crippen LogP contribution is 2.32. The largest absolute Gasteiger partial charge is 0.341 e. The van der Waals surface area contributed by atoms with Crippen LogP contribution in [0.1, 0.15) is 24.7 Å². The highest BCUT2D eigenvalue weighted by Gasteiger charge is 2.30. The van der Waals surface area contributed by atoms with E-state index in [-0.39, 0.29) is 29.3 Å². The van der Waals surface area contributed by atoms with Gasteiger partial charge in [-0.15, -0.1) is 0 Å². The standard InChI is InChI=1S/C21H19ClF2N4O/c22-15-10-13(23)7-8-17(15)26-20(29)12-28-9-3-6-19(28)21-25-11-18(27-21)14-4-1-2-5-16(14)24/h1-2,4-5,7-8,10-11,19H,3,6,9,12H2,(H,25,27)(H,26,29). The first-order chi connectivity index (χ1) is 14.0. The molecule has 0 aliphatic carbocycles. The molecule has 1 fully saturated rings. The van der Waals surface area contributed by atoms with Gasteiger partial charge in [0.25, 0.3) is 0 Å². The van der Waals surface area contributed by atoms with Crippen molar-refractivity contribution in [2.45, 2.75) is 18.9 Å². The molecule has 1 aliphatic rings. The lowest BCUT2D eigenvalue weighted by Crippen LogP contribution is -2.33. The number of aromatic amines is 1. The third kappa shape index (κ3) is 4.31. The summed E-state index contributed by atoms with van der Waals surface area (Å²) in [6.07, 6.45) is 3.38. The highest BCUT2D eigenvalue weighted by molar-refractivity contribution is 6.33. The number of carbonyl (C=O) groups is 1. The Morgan fingerprint density at radius 3 is 2.90 bits per heavy atom. The Labute approximate surface area is 171 Å². The minimum absolute atomic E-state index is 0.0648. The van der Waals surface area contributed by atoms with Crippen molar-refractivity contribution in [2.24, 2.45) is 0 Å². The summed E-state index contributed by atoms with van der Waals surface area (Å²) in [7, 11) is 0. The second-order valence-electron chi connectivity index (χ2n) is 6.96. The lowest BCUT2D eigenvalue weighted by Gasteiger charge is -2.22. The molecule has 0 radical (unpaired) electrons. The van der Waals surface area contributed by atoms with Gasteiger partial charge < -0.3 is 10.3 Å². The molecule has 2 N–H and O–H groups in total. The van der Waals surface area contributed by atoms with Crippen LogP contribution in [-0.2, 0) is 4.79 Å². The summed E-state index contributed by atoms with van der Waals surface area (Å²) in [5.41, 5.74) is 1.43. The minimum Gasteiger partial charge on any atom is -0.341 e. The molecule has 8 heteroatoms. The number of likely N-dealkylation sites (tertiary alicyclic amines) is 1. The molecule has 150 valence electrons. The molecule has 2 heterocycles. The summed E-state index contributed by atoms with van der Waals surface area (Å²) < 4.78 is 27.2. The van der Waals surface area contributed by atoms with E-state index in [0.717, 1.165) is 25.5 Å². The fraction of sp³-hybridized carbons (Fsp3) is 0.238. The number of hydrogen-bond acceptors (Lipinski definition) is 3. The van der Waals surface area contributed by atoms with Crippen molar-refractivity contribution in [1.82, 2.24) is 14.9 Å². The second kappa shape index (κ2) is 8.31. The number of rotatable bonds is 5. The van der Waals surface area contributed by atoms with Crippen LogP contribution in [0, 0.1) is 11.6 Å². The molecule has 1 aliphatic heterocycles.